The van der Waals surface area contributed by atoms with Gasteiger partial charge in [-0.2, -0.15) is 0 Å². The second-order valence-corrected chi connectivity index (χ2v) is 11.8. The molecule has 0 aliphatic carbocycles. The predicted molar refractivity (Wildman–Crippen MR) is 174 cm³/mol. The summed E-state index contributed by atoms with van der Waals surface area (Å²) in [6.45, 7) is -2.06. The zero-order valence-electron chi connectivity index (χ0n) is 26.1. The third kappa shape index (κ3) is 8.22. The van der Waals surface area contributed by atoms with Crippen molar-refractivity contribution in [2.45, 2.75) is 19.6 Å². The lowest BCUT2D eigenvalue weighted by atomic mass is 9.97. The lowest BCUT2D eigenvalue weighted by molar-refractivity contribution is -0.117. The van der Waals surface area contributed by atoms with Crippen LogP contribution in [-0.2, 0) is 35.6 Å². The number of hydrogen-bond donors (Lipinski definition) is 1. The van der Waals surface area contributed by atoms with Crippen molar-refractivity contribution in [2.24, 2.45) is 0 Å². The third-order valence-electron chi connectivity index (χ3n) is 7.66. The number of carboxylic acid groups (broad SMARTS) is 1. The number of hydrogen-bond acceptors (Lipinski definition) is 5. The van der Waals surface area contributed by atoms with E-state index < -0.39 is 76.8 Å². The van der Waals surface area contributed by atoms with Crippen LogP contribution in [0.1, 0.15) is 32.6 Å². The molecule has 0 radical (unpaired) electrons. The van der Waals surface area contributed by atoms with Crippen molar-refractivity contribution in [1.29, 1.82) is 0 Å². The molecule has 5 aromatic rings. The predicted octanol–water partition coefficient (Wildman–Crippen LogP) is 7.22. The molecule has 51 heavy (non-hydrogen) atoms. The van der Waals surface area contributed by atoms with Crippen LogP contribution in [-0.4, -0.2) is 32.3 Å². The van der Waals surface area contributed by atoms with Crippen LogP contribution in [0.2, 0.25) is 0 Å². The molecule has 5 rings (SSSR count). The molecular formula is C36H25F6N2O6S-. The topological polar surface area (TPSA) is 110 Å². The second kappa shape index (κ2) is 15.9. The highest BCUT2D eigenvalue weighted by Crippen LogP contribution is 2.38. The van der Waals surface area contributed by atoms with Crippen molar-refractivity contribution < 1.29 is 54.5 Å². The maximum absolute atomic E-state index is 14.8. The van der Waals surface area contributed by atoms with Crippen LogP contribution in [0.4, 0.5) is 37.7 Å². The molecule has 0 saturated heterocycles. The zero-order valence-corrected chi connectivity index (χ0v) is 26.9. The van der Waals surface area contributed by atoms with Crippen molar-refractivity contribution in [2.75, 3.05) is 15.7 Å². The van der Waals surface area contributed by atoms with Crippen molar-refractivity contribution in [3.8, 4) is 5.75 Å². The summed E-state index contributed by atoms with van der Waals surface area (Å²) in [7, 11) is 0. The SMILES string of the molecule is O=C(O)c1ccc(N(Cc2ccc(F)cc2)C(=O)CN(c2c(F)c(F)c(F)c(F)c2F)S(=O)[O-])c(Cc2ccccc2)c1OCc1ccccc1. The number of anilines is 2. The van der Waals surface area contributed by atoms with Gasteiger partial charge in [0.2, 0.25) is 11.7 Å². The minimum Gasteiger partial charge on any atom is -0.755 e. The van der Waals surface area contributed by atoms with E-state index in [9.17, 15) is 49.8 Å². The molecule has 15 heteroatoms. The van der Waals surface area contributed by atoms with E-state index in [0.717, 1.165) is 23.1 Å². The Balaban J connectivity index is 1.69. The summed E-state index contributed by atoms with van der Waals surface area (Å²) in [6.07, 6.45) is -0.0660. The van der Waals surface area contributed by atoms with Gasteiger partial charge in [0.25, 0.3) is 0 Å². The number of halogens is 6. The quantitative estimate of drug-likeness (QED) is 0.0594. The summed E-state index contributed by atoms with van der Waals surface area (Å²) >= 11 is -3.77. The smallest absolute Gasteiger partial charge is 0.339 e. The van der Waals surface area contributed by atoms with Gasteiger partial charge in [0.1, 0.15) is 36.0 Å². The van der Waals surface area contributed by atoms with Crippen LogP contribution < -0.4 is 13.9 Å². The van der Waals surface area contributed by atoms with Crippen LogP contribution in [0.5, 0.6) is 5.75 Å². The molecule has 0 aliphatic rings. The number of rotatable bonds is 13. The van der Waals surface area contributed by atoms with Gasteiger partial charge >= 0.3 is 5.97 Å². The fraction of sp³-hybridized carbons (Fsp3) is 0.111. The Kier molecular flexibility index (Phi) is 11.4. The molecule has 8 nitrogen and oxygen atoms in total. The van der Waals surface area contributed by atoms with E-state index >= 15 is 0 Å². The molecule has 1 amide bonds. The van der Waals surface area contributed by atoms with E-state index in [2.05, 4.69) is 0 Å². The van der Waals surface area contributed by atoms with E-state index in [0.29, 0.717) is 11.1 Å². The van der Waals surface area contributed by atoms with Gasteiger partial charge in [-0.05, 0) is 41.0 Å². The molecule has 0 heterocycles. The lowest BCUT2D eigenvalue weighted by Gasteiger charge is -2.32. The monoisotopic (exact) mass is 727 g/mol. The Morgan fingerprint density at radius 3 is 1.80 bits per heavy atom. The van der Waals surface area contributed by atoms with Gasteiger partial charge in [-0.1, -0.05) is 72.8 Å². The maximum atomic E-state index is 14.8. The first-order chi connectivity index (χ1) is 24.4. The van der Waals surface area contributed by atoms with Gasteiger partial charge in [-0.3, -0.25) is 13.3 Å². The Morgan fingerprint density at radius 2 is 1.25 bits per heavy atom. The fourth-order valence-electron chi connectivity index (χ4n) is 5.21. The Morgan fingerprint density at radius 1 is 0.706 bits per heavy atom. The number of carbonyl (C=O) groups excluding carboxylic acids is 1. The number of ether oxygens (including phenoxy) is 1. The van der Waals surface area contributed by atoms with Gasteiger partial charge in [0, 0.05) is 23.3 Å². The van der Waals surface area contributed by atoms with Gasteiger partial charge < -0.3 is 19.3 Å². The summed E-state index contributed by atoms with van der Waals surface area (Å²) in [6, 6.07) is 24.3. The summed E-state index contributed by atoms with van der Waals surface area (Å²) in [5, 5.41) is 10.1. The molecule has 1 atom stereocenters. The molecule has 1 N–H and O–H groups in total. The van der Waals surface area contributed by atoms with E-state index in [1.165, 1.54) is 18.2 Å². The van der Waals surface area contributed by atoms with Gasteiger partial charge in [0.15, 0.2) is 23.3 Å². The Hall–Kier alpha value is -5.67. The first kappa shape index (κ1) is 36.6. The minimum atomic E-state index is -3.77. The molecule has 5 aromatic carbocycles. The molecule has 0 spiro atoms. The lowest BCUT2D eigenvalue weighted by Crippen LogP contribution is -2.42. The largest absolute Gasteiger partial charge is 0.755 e. The summed E-state index contributed by atoms with van der Waals surface area (Å²) in [4.78, 5) is 27.5. The number of aromatic carboxylic acids is 1. The van der Waals surface area contributed by atoms with Crippen molar-refractivity contribution in [3.63, 3.8) is 0 Å². The van der Waals surface area contributed by atoms with E-state index in [-0.39, 0.29) is 45.5 Å². The summed E-state index contributed by atoms with van der Waals surface area (Å²) < 4.78 is 116. The van der Waals surface area contributed by atoms with Crippen molar-refractivity contribution >= 4 is 34.5 Å². The third-order valence-corrected chi connectivity index (χ3v) is 8.33. The fourth-order valence-corrected chi connectivity index (χ4v) is 5.74. The molecule has 0 aliphatic heterocycles. The van der Waals surface area contributed by atoms with Crippen molar-refractivity contribution in [3.05, 3.63) is 160 Å². The number of nitrogens with zero attached hydrogens (tertiary/aromatic N) is 2. The Bertz CT molecular complexity index is 2060. The van der Waals surface area contributed by atoms with Crippen LogP contribution in [0, 0.1) is 34.9 Å². The standard InChI is InChI=1S/C36H26F6N2O6S/c37-24-13-11-22(12-14-24)18-43(28(45)19-44(51(48)49)34-32(41)30(39)29(38)31(40)33(34)42)27-16-15-25(36(46)47)35(50-20-23-9-5-2-6-10-23)26(27)17-21-7-3-1-4-8-21/h1-16H,17-20H2,(H,46,47)(H,48,49)/p-1. The summed E-state index contributed by atoms with van der Waals surface area (Å²) in [5.41, 5.74) is -0.625. The molecule has 0 bridgehead atoms. The molecule has 0 aromatic heterocycles. The highest BCUT2D eigenvalue weighted by Gasteiger charge is 2.33. The molecule has 264 valence electrons. The molecule has 0 saturated carbocycles. The van der Waals surface area contributed by atoms with Gasteiger partial charge in [-0.15, -0.1) is 0 Å². The average Bonchev–Trinajstić information content (AvgIpc) is 3.12. The van der Waals surface area contributed by atoms with E-state index in [1.807, 2.05) is 0 Å². The molecular weight excluding hydrogens is 702 g/mol. The number of benzene rings is 5. The van der Waals surface area contributed by atoms with Crippen LogP contribution in [0.25, 0.3) is 0 Å². The van der Waals surface area contributed by atoms with Crippen LogP contribution >= 0.6 is 0 Å². The van der Waals surface area contributed by atoms with Crippen LogP contribution in [0.15, 0.2) is 97.1 Å². The number of carbonyl (C=O) groups is 2. The van der Waals surface area contributed by atoms with E-state index in [1.54, 1.807) is 60.7 Å². The van der Waals surface area contributed by atoms with Gasteiger partial charge in [-0.25, -0.2) is 31.1 Å². The molecule has 0 fully saturated rings. The average molecular weight is 728 g/mol. The first-order valence-corrected chi connectivity index (χ1v) is 15.9. The number of carboxylic acids is 1. The summed E-state index contributed by atoms with van der Waals surface area (Å²) in [5.74, 6) is -15.9. The second-order valence-electron chi connectivity index (χ2n) is 11.0. The highest BCUT2D eigenvalue weighted by atomic mass is 32.2. The first-order valence-electron chi connectivity index (χ1n) is 14.9. The van der Waals surface area contributed by atoms with E-state index in [4.69, 9.17) is 4.74 Å². The number of amides is 1. The van der Waals surface area contributed by atoms with Gasteiger partial charge in [0.05, 0.1) is 12.2 Å². The maximum Gasteiger partial charge on any atom is 0.339 e. The zero-order chi connectivity index (χ0) is 36.8. The van der Waals surface area contributed by atoms with Crippen molar-refractivity contribution in [1.82, 2.24) is 0 Å². The highest BCUT2D eigenvalue weighted by molar-refractivity contribution is 7.80. The molecule has 1 unspecified atom stereocenters. The minimum absolute atomic E-state index is 0.0599. The normalized spacial score (nSPS) is 11.6. The van der Waals surface area contributed by atoms with Crippen LogP contribution in [0.3, 0.4) is 0 Å². The Labute approximate surface area is 289 Å².